The zero-order chi connectivity index (χ0) is 11.4. The van der Waals surface area contributed by atoms with Gasteiger partial charge in [-0.05, 0) is 19.4 Å². The molecule has 2 saturated heterocycles. The SMILES string of the molecule is CCN1CCN(C2(CO)CCOCC2)CC1. The molecule has 2 rings (SSSR count). The van der Waals surface area contributed by atoms with Crippen molar-refractivity contribution in [1.82, 2.24) is 9.80 Å². The lowest BCUT2D eigenvalue weighted by Crippen LogP contribution is -2.60. The molecular formula is C12H24N2O2. The van der Waals surface area contributed by atoms with Crippen LogP contribution in [0, 0.1) is 0 Å². The van der Waals surface area contributed by atoms with Crippen LogP contribution in [0.3, 0.4) is 0 Å². The molecule has 1 N–H and O–H groups in total. The molecule has 2 fully saturated rings. The van der Waals surface area contributed by atoms with Crippen molar-refractivity contribution in [3.63, 3.8) is 0 Å². The second-order valence-electron chi connectivity index (χ2n) is 4.92. The summed E-state index contributed by atoms with van der Waals surface area (Å²) >= 11 is 0. The zero-order valence-electron chi connectivity index (χ0n) is 10.3. The fourth-order valence-electron chi connectivity index (χ4n) is 2.86. The van der Waals surface area contributed by atoms with Gasteiger partial charge in [-0.3, -0.25) is 4.90 Å². The molecule has 0 aromatic heterocycles. The maximum atomic E-state index is 9.71. The van der Waals surface area contributed by atoms with Crippen LogP contribution in [0.25, 0.3) is 0 Å². The normalized spacial score (nSPS) is 28.1. The number of likely N-dealkylation sites (N-methyl/N-ethyl adjacent to an activating group) is 1. The smallest absolute Gasteiger partial charge is 0.0617 e. The van der Waals surface area contributed by atoms with Crippen molar-refractivity contribution >= 4 is 0 Å². The van der Waals surface area contributed by atoms with E-state index < -0.39 is 0 Å². The summed E-state index contributed by atoms with van der Waals surface area (Å²) in [5, 5.41) is 9.71. The van der Waals surface area contributed by atoms with Crippen LogP contribution >= 0.6 is 0 Å². The third kappa shape index (κ3) is 2.40. The maximum absolute atomic E-state index is 9.71. The van der Waals surface area contributed by atoms with E-state index in [0.717, 1.165) is 58.8 Å². The van der Waals surface area contributed by atoms with Crippen molar-refractivity contribution < 1.29 is 9.84 Å². The monoisotopic (exact) mass is 228 g/mol. The molecule has 0 aromatic rings. The number of nitrogens with zero attached hydrogens (tertiary/aromatic N) is 2. The first-order valence-corrected chi connectivity index (χ1v) is 6.47. The Bertz CT molecular complexity index is 209. The van der Waals surface area contributed by atoms with Gasteiger partial charge in [0.1, 0.15) is 0 Å². The van der Waals surface area contributed by atoms with E-state index in [1.807, 2.05) is 0 Å². The van der Waals surface area contributed by atoms with Crippen LogP contribution in [0.1, 0.15) is 19.8 Å². The minimum atomic E-state index is 0.0120. The predicted molar refractivity (Wildman–Crippen MR) is 63.6 cm³/mol. The molecule has 94 valence electrons. The quantitative estimate of drug-likeness (QED) is 0.747. The van der Waals surface area contributed by atoms with Crippen molar-refractivity contribution in [1.29, 1.82) is 0 Å². The molecule has 2 heterocycles. The van der Waals surface area contributed by atoms with Gasteiger partial charge in [0.25, 0.3) is 0 Å². The molecule has 0 unspecified atom stereocenters. The minimum absolute atomic E-state index is 0.0120. The van der Waals surface area contributed by atoms with Gasteiger partial charge in [-0.1, -0.05) is 6.92 Å². The first-order chi connectivity index (χ1) is 7.80. The Kier molecular flexibility index (Phi) is 4.19. The number of rotatable bonds is 3. The lowest BCUT2D eigenvalue weighted by atomic mass is 9.88. The van der Waals surface area contributed by atoms with Crippen molar-refractivity contribution in [2.75, 3.05) is 52.5 Å². The number of aliphatic hydroxyl groups is 1. The number of ether oxygens (including phenoxy) is 1. The van der Waals surface area contributed by atoms with E-state index in [9.17, 15) is 5.11 Å². The molecule has 0 aromatic carbocycles. The van der Waals surface area contributed by atoms with Gasteiger partial charge >= 0.3 is 0 Å². The highest BCUT2D eigenvalue weighted by molar-refractivity contribution is 4.94. The summed E-state index contributed by atoms with van der Waals surface area (Å²) in [6, 6.07) is 0. The average Bonchev–Trinajstić information content (AvgIpc) is 2.39. The van der Waals surface area contributed by atoms with Crippen molar-refractivity contribution in [2.24, 2.45) is 0 Å². The molecule has 4 heteroatoms. The van der Waals surface area contributed by atoms with E-state index in [4.69, 9.17) is 4.74 Å². The van der Waals surface area contributed by atoms with Crippen LogP contribution in [0.4, 0.5) is 0 Å². The largest absolute Gasteiger partial charge is 0.394 e. The van der Waals surface area contributed by atoms with Crippen LogP contribution in [-0.4, -0.2) is 73.0 Å². The predicted octanol–water partition coefficient (Wildman–Crippen LogP) is 0.165. The van der Waals surface area contributed by atoms with E-state index in [1.165, 1.54) is 0 Å². The molecule has 0 saturated carbocycles. The number of hydrogen-bond donors (Lipinski definition) is 1. The van der Waals surface area contributed by atoms with Gasteiger partial charge in [0, 0.05) is 44.9 Å². The Labute approximate surface area is 98.2 Å². The number of aliphatic hydroxyl groups excluding tert-OH is 1. The second kappa shape index (κ2) is 5.45. The highest BCUT2D eigenvalue weighted by atomic mass is 16.5. The Morgan fingerprint density at radius 1 is 1.12 bits per heavy atom. The molecule has 0 aliphatic carbocycles. The number of piperazine rings is 1. The lowest BCUT2D eigenvalue weighted by Gasteiger charge is -2.48. The third-order valence-electron chi connectivity index (χ3n) is 4.21. The first-order valence-electron chi connectivity index (χ1n) is 6.47. The summed E-state index contributed by atoms with van der Waals surface area (Å²) in [5.74, 6) is 0. The zero-order valence-corrected chi connectivity index (χ0v) is 10.3. The number of hydrogen-bond acceptors (Lipinski definition) is 4. The van der Waals surface area contributed by atoms with Crippen LogP contribution < -0.4 is 0 Å². The summed E-state index contributed by atoms with van der Waals surface area (Å²) in [5.41, 5.74) is 0.0120. The van der Waals surface area contributed by atoms with Crippen LogP contribution in [0.2, 0.25) is 0 Å². The summed E-state index contributed by atoms with van der Waals surface area (Å²) in [6.45, 7) is 9.70. The van der Waals surface area contributed by atoms with Gasteiger partial charge in [0.05, 0.1) is 6.61 Å². The van der Waals surface area contributed by atoms with Crippen molar-refractivity contribution in [2.45, 2.75) is 25.3 Å². The standard InChI is InChI=1S/C12H24N2O2/c1-2-13-5-7-14(8-6-13)12(11-15)3-9-16-10-4-12/h15H,2-11H2,1H3. The van der Waals surface area contributed by atoms with Gasteiger partial charge in [-0.15, -0.1) is 0 Å². The Hall–Kier alpha value is -0.160. The van der Waals surface area contributed by atoms with E-state index >= 15 is 0 Å². The van der Waals surface area contributed by atoms with Gasteiger partial charge in [-0.2, -0.15) is 0 Å². The molecule has 0 amide bonds. The van der Waals surface area contributed by atoms with Gasteiger partial charge in [0.15, 0.2) is 0 Å². The van der Waals surface area contributed by atoms with Crippen LogP contribution in [-0.2, 0) is 4.74 Å². The molecule has 2 aliphatic rings. The highest BCUT2D eigenvalue weighted by Gasteiger charge is 2.38. The average molecular weight is 228 g/mol. The molecular weight excluding hydrogens is 204 g/mol. The van der Waals surface area contributed by atoms with E-state index in [-0.39, 0.29) is 12.1 Å². The van der Waals surface area contributed by atoms with E-state index in [2.05, 4.69) is 16.7 Å². The highest BCUT2D eigenvalue weighted by Crippen LogP contribution is 2.28. The molecule has 4 nitrogen and oxygen atoms in total. The van der Waals surface area contributed by atoms with Gasteiger partial charge in [-0.25, -0.2) is 0 Å². The van der Waals surface area contributed by atoms with Crippen molar-refractivity contribution in [3.8, 4) is 0 Å². The Morgan fingerprint density at radius 2 is 1.75 bits per heavy atom. The Morgan fingerprint density at radius 3 is 2.25 bits per heavy atom. The van der Waals surface area contributed by atoms with Crippen LogP contribution in [0.5, 0.6) is 0 Å². The van der Waals surface area contributed by atoms with Crippen LogP contribution in [0.15, 0.2) is 0 Å². The molecule has 0 spiro atoms. The molecule has 0 bridgehead atoms. The molecule has 2 aliphatic heterocycles. The van der Waals surface area contributed by atoms with Gasteiger partial charge < -0.3 is 14.7 Å². The molecule has 16 heavy (non-hydrogen) atoms. The molecule has 0 radical (unpaired) electrons. The maximum Gasteiger partial charge on any atom is 0.0617 e. The fraction of sp³-hybridized carbons (Fsp3) is 1.00. The van der Waals surface area contributed by atoms with E-state index in [0.29, 0.717) is 0 Å². The molecule has 0 atom stereocenters. The summed E-state index contributed by atoms with van der Waals surface area (Å²) in [4.78, 5) is 4.96. The third-order valence-corrected chi connectivity index (χ3v) is 4.21. The Balaban J connectivity index is 1.94. The topological polar surface area (TPSA) is 35.9 Å². The first kappa shape index (κ1) is 12.3. The second-order valence-corrected chi connectivity index (χ2v) is 4.92. The van der Waals surface area contributed by atoms with Gasteiger partial charge in [0.2, 0.25) is 0 Å². The van der Waals surface area contributed by atoms with E-state index in [1.54, 1.807) is 0 Å². The summed E-state index contributed by atoms with van der Waals surface area (Å²) < 4.78 is 5.41. The van der Waals surface area contributed by atoms with Crippen molar-refractivity contribution in [3.05, 3.63) is 0 Å². The lowest BCUT2D eigenvalue weighted by molar-refractivity contribution is -0.0712. The fourth-order valence-corrected chi connectivity index (χ4v) is 2.86. The minimum Gasteiger partial charge on any atom is -0.394 e. The summed E-state index contributed by atoms with van der Waals surface area (Å²) in [7, 11) is 0. The summed E-state index contributed by atoms with van der Waals surface area (Å²) in [6.07, 6.45) is 1.96.